The quantitative estimate of drug-likeness (QED) is 0.315. The molecule has 0 saturated carbocycles. The first kappa shape index (κ1) is 23.5. The molecule has 0 bridgehead atoms. The lowest BCUT2D eigenvalue weighted by Gasteiger charge is -2.22. The molecule has 0 radical (unpaired) electrons. The van der Waals surface area contributed by atoms with Gasteiger partial charge in [0, 0.05) is 18.7 Å². The highest BCUT2D eigenvalue weighted by Gasteiger charge is 2.24. The van der Waals surface area contributed by atoms with Crippen molar-refractivity contribution < 1.29 is 9.53 Å². The number of carbonyl (C=O) groups excluding carboxylic acids is 1. The summed E-state index contributed by atoms with van der Waals surface area (Å²) in [5, 5.41) is 6.35. The van der Waals surface area contributed by atoms with Crippen LogP contribution in [0.2, 0.25) is 0 Å². The third kappa shape index (κ3) is 7.94. The van der Waals surface area contributed by atoms with Crippen LogP contribution in [0.15, 0.2) is 23.2 Å². The van der Waals surface area contributed by atoms with E-state index in [0.717, 1.165) is 23.4 Å². The number of aliphatic imine (C=N–C) groups is 1. The third-order valence-electron chi connectivity index (χ3n) is 3.64. The van der Waals surface area contributed by atoms with Crippen LogP contribution in [0.25, 0.3) is 0 Å². The second-order valence-electron chi connectivity index (χ2n) is 6.34. The van der Waals surface area contributed by atoms with E-state index in [0.29, 0.717) is 25.7 Å². The van der Waals surface area contributed by atoms with E-state index in [1.54, 1.807) is 13.8 Å². The first-order valence-corrected chi connectivity index (χ1v) is 8.34. The average molecular weight is 462 g/mol. The van der Waals surface area contributed by atoms with E-state index >= 15 is 0 Å². The Morgan fingerprint density at radius 3 is 2.52 bits per heavy atom. The maximum absolute atomic E-state index is 11.4. The molecule has 0 unspecified atom stereocenters. The van der Waals surface area contributed by atoms with Crippen LogP contribution >= 0.6 is 24.0 Å². The van der Waals surface area contributed by atoms with Crippen LogP contribution in [0.4, 0.5) is 0 Å². The fourth-order valence-corrected chi connectivity index (χ4v) is 1.98. The van der Waals surface area contributed by atoms with Crippen molar-refractivity contribution in [3.8, 4) is 5.75 Å². The molecule has 0 aliphatic carbocycles. The van der Waals surface area contributed by atoms with Crippen LogP contribution in [-0.2, 0) is 11.3 Å². The van der Waals surface area contributed by atoms with Crippen molar-refractivity contribution in [1.29, 1.82) is 0 Å². The molecule has 0 saturated heterocycles. The van der Waals surface area contributed by atoms with Gasteiger partial charge >= 0.3 is 0 Å². The molecule has 1 rings (SSSR count). The molecule has 0 atom stereocenters. The van der Waals surface area contributed by atoms with Gasteiger partial charge in [0.2, 0.25) is 5.91 Å². The number of hydrogen-bond acceptors (Lipinski definition) is 3. The maximum atomic E-state index is 11.4. The number of nitrogens with one attached hydrogen (secondary N) is 2. The van der Waals surface area contributed by atoms with Gasteiger partial charge < -0.3 is 21.1 Å². The zero-order valence-electron chi connectivity index (χ0n) is 15.8. The number of primary amides is 1. The SMILES string of the molecule is CCNC(=NCc1ccc(C)cc1OCC)NCC(C)(C)C(N)=O.I. The Balaban J connectivity index is 0.00000576. The summed E-state index contributed by atoms with van der Waals surface area (Å²) >= 11 is 0. The Morgan fingerprint density at radius 2 is 1.96 bits per heavy atom. The minimum Gasteiger partial charge on any atom is -0.494 e. The Kier molecular flexibility index (Phi) is 10.5. The maximum Gasteiger partial charge on any atom is 0.224 e. The first-order chi connectivity index (χ1) is 11.3. The molecule has 6 nitrogen and oxygen atoms in total. The molecule has 25 heavy (non-hydrogen) atoms. The molecule has 0 heterocycles. The monoisotopic (exact) mass is 462 g/mol. The van der Waals surface area contributed by atoms with E-state index in [4.69, 9.17) is 10.5 Å². The number of nitrogens with zero attached hydrogens (tertiary/aromatic N) is 1. The molecule has 7 heteroatoms. The summed E-state index contributed by atoms with van der Waals surface area (Å²) in [4.78, 5) is 16.0. The normalized spacial score (nSPS) is 11.5. The van der Waals surface area contributed by atoms with E-state index in [2.05, 4.69) is 15.6 Å². The molecule has 0 aliphatic rings. The van der Waals surface area contributed by atoms with Gasteiger partial charge in [-0.15, -0.1) is 24.0 Å². The van der Waals surface area contributed by atoms with Gasteiger partial charge in [-0.1, -0.05) is 12.1 Å². The fourth-order valence-electron chi connectivity index (χ4n) is 1.98. The molecule has 1 aromatic rings. The van der Waals surface area contributed by atoms with E-state index in [1.807, 2.05) is 39.0 Å². The Hall–Kier alpha value is -1.51. The number of carbonyl (C=O) groups is 1. The zero-order valence-corrected chi connectivity index (χ0v) is 18.1. The van der Waals surface area contributed by atoms with E-state index in [9.17, 15) is 4.79 Å². The highest BCUT2D eigenvalue weighted by molar-refractivity contribution is 14.0. The van der Waals surface area contributed by atoms with Crippen molar-refractivity contribution in [2.45, 2.75) is 41.2 Å². The van der Waals surface area contributed by atoms with Gasteiger partial charge in [-0.25, -0.2) is 4.99 Å². The van der Waals surface area contributed by atoms with Crippen molar-refractivity contribution in [3.63, 3.8) is 0 Å². The van der Waals surface area contributed by atoms with Gasteiger partial charge in [0.05, 0.1) is 18.6 Å². The summed E-state index contributed by atoms with van der Waals surface area (Å²) in [5.74, 6) is 1.16. The molecular weight excluding hydrogens is 431 g/mol. The van der Waals surface area contributed by atoms with Gasteiger partial charge in [-0.3, -0.25) is 4.79 Å². The summed E-state index contributed by atoms with van der Waals surface area (Å²) in [6.07, 6.45) is 0. The molecule has 142 valence electrons. The van der Waals surface area contributed by atoms with Gasteiger partial charge in [0.1, 0.15) is 5.75 Å². The predicted octanol–water partition coefficient (Wildman–Crippen LogP) is 2.58. The molecule has 1 amide bonds. The molecule has 0 fully saturated rings. The van der Waals surface area contributed by atoms with Gasteiger partial charge in [-0.05, 0) is 46.2 Å². The fraction of sp³-hybridized carbons (Fsp3) is 0.556. The van der Waals surface area contributed by atoms with Crippen LogP contribution < -0.4 is 21.1 Å². The minimum atomic E-state index is -0.642. The van der Waals surface area contributed by atoms with Gasteiger partial charge in [-0.2, -0.15) is 0 Å². The Bertz CT molecular complexity index is 588. The second kappa shape index (κ2) is 11.2. The number of ether oxygens (including phenoxy) is 1. The minimum absolute atomic E-state index is 0. The van der Waals surface area contributed by atoms with Gasteiger partial charge in [0.15, 0.2) is 5.96 Å². The van der Waals surface area contributed by atoms with Crippen LogP contribution in [0.3, 0.4) is 0 Å². The number of hydrogen-bond donors (Lipinski definition) is 3. The van der Waals surface area contributed by atoms with Crippen LogP contribution in [0.1, 0.15) is 38.8 Å². The zero-order chi connectivity index (χ0) is 18.2. The molecule has 1 aromatic carbocycles. The van der Waals surface area contributed by atoms with E-state index in [1.165, 1.54) is 0 Å². The highest BCUT2D eigenvalue weighted by Crippen LogP contribution is 2.21. The van der Waals surface area contributed by atoms with Crippen molar-refractivity contribution in [3.05, 3.63) is 29.3 Å². The highest BCUT2D eigenvalue weighted by atomic mass is 127. The van der Waals surface area contributed by atoms with Crippen LogP contribution in [-0.4, -0.2) is 31.6 Å². The van der Waals surface area contributed by atoms with E-state index in [-0.39, 0.29) is 29.9 Å². The lowest BCUT2D eigenvalue weighted by atomic mass is 9.93. The number of guanidine groups is 1. The molecular formula is C18H31IN4O2. The van der Waals surface area contributed by atoms with E-state index < -0.39 is 5.41 Å². The summed E-state index contributed by atoms with van der Waals surface area (Å²) in [7, 11) is 0. The first-order valence-electron chi connectivity index (χ1n) is 8.34. The molecule has 4 N–H and O–H groups in total. The number of amides is 1. The van der Waals surface area contributed by atoms with Crippen LogP contribution in [0.5, 0.6) is 5.75 Å². The van der Waals surface area contributed by atoms with Crippen molar-refractivity contribution in [1.82, 2.24) is 10.6 Å². The van der Waals surface area contributed by atoms with Crippen molar-refractivity contribution >= 4 is 35.8 Å². The number of benzene rings is 1. The lowest BCUT2D eigenvalue weighted by molar-refractivity contribution is -0.125. The molecule has 0 aliphatic heterocycles. The van der Waals surface area contributed by atoms with Crippen molar-refractivity contribution in [2.75, 3.05) is 19.7 Å². The number of rotatable bonds is 8. The summed E-state index contributed by atoms with van der Waals surface area (Å²) in [5.41, 5.74) is 6.94. The van der Waals surface area contributed by atoms with Gasteiger partial charge in [0.25, 0.3) is 0 Å². The third-order valence-corrected chi connectivity index (χ3v) is 3.64. The smallest absolute Gasteiger partial charge is 0.224 e. The molecule has 0 aromatic heterocycles. The Morgan fingerprint density at radius 1 is 1.28 bits per heavy atom. The predicted molar refractivity (Wildman–Crippen MR) is 114 cm³/mol. The summed E-state index contributed by atoms with van der Waals surface area (Å²) in [6.45, 7) is 11.9. The Labute approximate surface area is 168 Å². The number of halogens is 1. The lowest BCUT2D eigenvalue weighted by Crippen LogP contribution is -2.46. The molecule has 0 spiro atoms. The number of aryl methyl sites for hydroxylation is 1. The van der Waals surface area contributed by atoms with Crippen LogP contribution in [0, 0.1) is 12.3 Å². The average Bonchev–Trinajstić information content (AvgIpc) is 2.51. The summed E-state index contributed by atoms with van der Waals surface area (Å²) < 4.78 is 5.68. The number of nitrogens with two attached hydrogens (primary N) is 1. The van der Waals surface area contributed by atoms with Crippen molar-refractivity contribution in [2.24, 2.45) is 16.1 Å². The largest absolute Gasteiger partial charge is 0.494 e. The topological polar surface area (TPSA) is 88.7 Å². The standard InChI is InChI=1S/C18H30N4O2.HI/c1-6-20-17(22-12-18(4,5)16(19)23)21-11-14-9-8-13(3)10-15(14)24-7-2;/h8-10H,6-7,11-12H2,1-5H3,(H2,19,23)(H2,20,21,22);1H. The second-order valence-corrected chi connectivity index (χ2v) is 6.34. The summed E-state index contributed by atoms with van der Waals surface area (Å²) in [6, 6.07) is 6.09.